The Morgan fingerprint density at radius 1 is 1.45 bits per heavy atom. The summed E-state index contributed by atoms with van der Waals surface area (Å²) in [6.07, 6.45) is 3.96. The largest absolute Gasteiger partial charge is 0.490 e. The van der Waals surface area contributed by atoms with Crippen molar-refractivity contribution in [2.75, 3.05) is 25.2 Å². The normalized spacial score (nSPS) is 19.5. The number of nitro benzene ring substituents is 1. The average Bonchev–Trinajstić information content (AvgIpc) is 2.71. The molecule has 0 radical (unpaired) electrons. The predicted molar refractivity (Wildman–Crippen MR) is 76.3 cm³/mol. The van der Waals surface area contributed by atoms with Gasteiger partial charge >= 0.3 is 5.69 Å². The summed E-state index contributed by atoms with van der Waals surface area (Å²) in [6.45, 7) is 0.730. The standard InChI is InChI=1S/C14H20N2O4/c1-20-13-8-5-7-12(14(13)16(18)19)15-9-4-2-3-6-11(15)10-17/h5,7-8,11,17H,2-4,6,9-10H2,1H3. The molecule has 0 aliphatic carbocycles. The Morgan fingerprint density at radius 3 is 2.90 bits per heavy atom. The molecule has 20 heavy (non-hydrogen) atoms. The zero-order chi connectivity index (χ0) is 14.5. The quantitative estimate of drug-likeness (QED) is 0.676. The molecule has 0 spiro atoms. The maximum atomic E-state index is 11.4. The topological polar surface area (TPSA) is 75.8 Å². The zero-order valence-electron chi connectivity index (χ0n) is 11.6. The molecule has 1 N–H and O–H groups in total. The number of hydrogen-bond acceptors (Lipinski definition) is 5. The van der Waals surface area contributed by atoms with Crippen molar-refractivity contribution in [3.8, 4) is 5.75 Å². The lowest BCUT2D eigenvalue weighted by Gasteiger charge is -2.30. The number of hydrogen-bond donors (Lipinski definition) is 1. The van der Waals surface area contributed by atoms with Crippen LogP contribution in [0.1, 0.15) is 25.7 Å². The van der Waals surface area contributed by atoms with Gasteiger partial charge in [-0.2, -0.15) is 0 Å². The fourth-order valence-electron chi connectivity index (χ4n) is 2.78. The van der Waals surface area contributed by atoms with Gasteiger partial charge in [0.2, 0.25) is 0 Å². The maximum absolute atomic E-state index is 11.4. The molecule has 1 saturated heterocycles. The van der Waals surface area contributed by atoms with Crippen LogP contribution < -0.4 is 9.64 Å². The number of methoxy groups -OCH3 is 1. The van der Waals surface area contributed by atoms with Crippen molar-refractivity contribution in [3.05, 3.63) is 28.3 Å². The molecule has 1 aromatic carbocycles. The molecule has 0 aromatic heterocycles. The first kappa shape index (κ1) is 14.6. The minimum Gasteiger partial charge on any atom is -0.490 e. The van der Waals surface area contributed by atoms with Crippen LogP contribution in [0, 0.1) is 10.1 Å². The van der Waals surface area contributed by atoms with Crippen molar-refractivity contribution in [1.29, 1.82) is 0 Å². The van der Waals surface area contributed by atoms with Gasteiger partial charge in [0.15, 0.2) is 5.75 Å². The molecule has 1 unspecified atom stereocenters. The Labute approximate surface area is 118 Å². The van der Waals surface area contributed by atoms with E-state index in [9.17, 15) is 15.2 Å². The summed E-state index contributed by atoms with van der Waals surface area (Å²) in [5.41, 5.74) is 0.519. The summed E-state index contributed by atoms with van der Waals surface area (Å²) in [4.78, 5) is 12.9. The van der Waals surface area contributed by atoms with Crippen molar-refractivity contribution in [2.24, 2.45) is 0 Å². The number of nitrogens with zero attached hydrogens (tertiary/aromatic N) is 2. The molecular formula is C14H20N2O4. The highest BCUT2D eigenvalue weighted by Crippen LogP contribution is 2.39. The number of rotatable bonds is 4. The van der Waals surface area contributed by atoms with Crippen molar-refractivity contribution in [2.45, 2.75) is 31.7 Å². The molecule has 0 saturated carbocycles. The van der Waals surface area contributed by atoms with Crippen LogP contribution in [0.4, 0.5) is 11.4 Å². The lowest BCUT2D eigenvalue weighted by molar-refractivity contribution is -0.385. The molecule has 0 bridgehead atoms. The highest BCUT2D eigenvalue weighted by molar-refractivity contribution is 5.70. The lowest BCUT2D eigenvalue weighted by Crippen LogP contribution is -2.37. The third kappa shape index (κ3) is 2.85. The summed E-state index contributed by atoms with van der Waals surface area (Å²) in [5.74, 6) is 0.258. The molecule has 2 rings (SSSR count). The van der Waals surface area contributed by atoms with Crippen LogP contribution in [0.3, 0.4) is 0 Å². The van der Waals surface area contributed by atoms with E-state index in [0.717, 1.165) is 32.2 Å². The number of aliphatic hydroxyl groups is 1. The summed E-state index contributed by atoms with van der Waals surface area (Å²) in [5, 5.41) is 20.9. The van der Waals surface area contributed by atoms with E-state index in [2.05, 4.69) is 0 Å². The van der Waals surface area contributed by atoms with Gasteiger partial charge in [-0.3, -0.25) is 10.1 Å². The fraction of sp³-hybridized carbons (Fsp3) is 0.571. The summed E-state index contributed by atoms with van der Waals surface area (Å²) in [7, 11) is 1.43. The first-order valence-electron chi connectivity index (χ1n) is 6.88. The Morgan fingerprint density at radius 2 is 2.25 bits per heavy atom. The molecule has 1 aliphatic rings. The van der Waals surface area contributed by atoms with Gasteiger partial charge in [-0.05, 0) is 25.0 Å². The molecule has 0 amide bonds. The second-order valence-corrected chi connectivity index (χ2v) is 4.96. The Balaban J connectivity index is 2.46. The van der Waals surface area contributed by atoms with E-state index < -0.39 is 4.92 Å². The van der Waals surface area contributed by atoms with Gasteiger partial charge in [-0.1, -0.05) is 18.9 Å². The SMILES string of the molecule is COc1cccc(N2CCCCCC2CO)c1[N+](=O)[O-]. The van der Waals surface area contributed by atoms with Gasteiger partial charge in [-0.15, -0.1) is 0 Å². The van der Waals surface area contributed by atoms with Crippen molar-refractivity contribution < 1.29 is 14.8 Å². The fourth-order valence-corrected chi connectivity index (χ4v) is 2.78. The summed E-state index contributed by atoms with van der Waals surface area (Å²) >= 11 is 0. The molecule has 1 aromatic rings. The predicted octanol–water partition coefficient (Wildman–Crippen LogP) is 2.34. The highest BCUT2D eigenvalue weighted by atomic mass is 16.6. The smallest absolute Gasteiger partial charge is 0.333 e. The van der Waals surface area contributed by atoms with Crippen molar-refractivity contribution >= 4 is 11.4 Å². The van der Waals surface area contributed by atoms with Crippen LogP contribution in [-0.2, 0) is 0 Å². The summed E-state index contributed by atoms with van der Waals surface area (Å²) in [6, 6.07) is 5.01. The van der Waals surface area contributed by atoms with Gasteiger partial charge in [0.25, 0.3) is 0 Å². The van der Waals surface area contributed by atoms with E-state index in [0.29, 0.717) is 5.69 Å². The number of benzene rings is 1. The number of nitro groups is 1. The second kappa shape index (κ2) is 6.56. The molecule has 110 valence electrons. The molecule has 6 nitrogen and oxygen atoms in total. The van der Waals surface area contributed by atoms with Gasteiger partial charge in [0.1, 0.15) is 5.69 Å². The minimum absolute atomic E-state index is 0.00830. The van der Waals surface area contributed by atoms with Gasteiger partial charge in [-0.25, -0.2) is 0 Å². The van der Waals surface area contributed by atoms with Crippen LogP contribution in [0.15, 0.2) is 18.2 Å². The molecular weight excluding hydrogens is 260 g/mol. The van der Waals surface area contributed by atoms with E-state index in [1.165, 1.54) is 7.11 Å². The first-order chi connectivity index (χ1) is 9.69. The van der Waals surface area contributed by atoms with Gasteiger partial charge in [0.05, 0.1) is 24.7 Å². The van der Waals surface area contributed by atoms with E-state index in [-0.39, 0.29) is 24.1 Å². The van der Waals surface area contributed by atoms with E-state index in [4.69, 9.17) is 4.74 Å². The third-order valence-electron chi connectivity index (χ3n) is 3.78. The lowest BCUT2D eigenvalue weighted by atomic mass is 10.1. The maximum Gasteiger partial charge on any atom is 0.333 e. The zero-order valence-corrected chi connectivity index (χ0v) is 11.6. The van der Waals surface area contributed by atoms with Crippen molar-refractivity contribution in [3.63, 3.8) is 0 Å². The van der Waals surface area contributed by atoms with E-state index in [1.54, 1.807) is 18.2 Å². The van der Waals surface area contributed by atoms with Crippen LogP contribution >= 0.6 is 0 Å². The van der Waals surface area contributed by atoms with Crippen LogP contribution in [-0.4, -0.2) is 36.3 Å². The monoisotopic (exact) mass is 280 g/mol. The van der Waals surface area contributed by atoms with E-state index >= 15 is 0 Å². The van der Waals surface area contributed by atoms with Gasteiger partial charge < -0.3 is 14.7 Å². The molecule has 6 heteroatoms. The first-order valence-corrected chi connectivity index (χ1v) is 6.88. The summed E-state index contributed by atoms with van der Waals surface area (Å²) < 4.78 is 5.11. The molecule has 1 heterocycles. The highest BCUT2D eigenvalue weighted by Gasteiger charge is 2.29. The average molecular weight is 280 g/mol. The molecule has 1 aliphatic heterocycles. The van der Waals surface area contributed by atoms with Crippen molar-refractivity contribution in [1.82, 2.24) is 0 Å². The molecule has 1 fully saturated rings. The van der Waals surface area contributed by atoms with Crippen LogP contribution in [0.2, 0.25) is 0 Å². The third-order valence-corrected chi connectivity index (χ3v) is 3.78. The number of aliphatic hydroxyl groups excluding tert-OH is 1. The Kier molecular flexibility index (Phi) is 4.79. The van der Waals surface area contributed by atoms with Crippen LogP contribution in [0.5, 0.6) is 5.75 Å². The Bertz CT molecular complexity index is 478. The minimum atomic E-state index is -0.409. The second-order valence-electron chi connectivity index (χ2n) is 4.96. The number of anilines is 1. The number of para-hydroxylation sites is 1. The van der Waals surface area contributed by atoms with Crippen LogP contribution in [0.25, 0.3) is 0 Å². The molecule has 1 atom stereocenters. The Hall–Kier alpha value is -1.82. The van der Waals surface area contributed by atoms with Gasteiger partial charge in [0, 0.05) is 6.54 Å². The van der Waals surface area contributed by atoms with E-state index in [1.807, 2.05) is 4.90 Å². The number of ether oxygens (including phenoxy) is 1.